The second kappa shape index (κ2) is 11.2. The Morgan fingerprint density at radius 2 is 1.36 bits per heavy atom. The van der Waals surface area contributed by atoms with E-state index in [1.54, 1.807) is 5.57 Å². The van der Waals surface area contributed by atoms with E-state index in [0.717, 1.165) is 5.92 Å². The molecule has 0 saturated heterocycles. The first kappa shape index (κ1) is 20.9. The van der Waals surface area contributed by atoms with Crippen LogP contribution >= 0.6 is 0 Å². The smallest absolute Gasteiger partial charge is 0.0184 e. The largest absolute Gasteiger partial charge is 0.0804 e. The topological polar surface area (TPSA) is 0 Å². The van der Waals surface area contributed by atoms with Gasteiger partial charge in [0.1, 0.15) is 0 Å². The van der Waals surface area contributed by atoms with Crippen molar-refractivity contribution in [2.45, 2.75) is 84.5 Å². The van der Waals surface area contributed by atoms with Gasteiger partial charge < -0.3 is 0 Å². The van der Waals surface area contributed by atoms with Crippen LogP contribution in [0.15, 0.2) is 54.6 Å². The van der Waals surface area contributed by atoms with Gasteiger partial charge in [0.05, 0.1) is 0 Å². The first-order chi connectivity index (χ1) is 13.8. The molecule has 0 fully saturated rings. The van der Waals surface area contributed by atoms with E-state index in [2.05, 4.69) is 68.5 Å². The van der Waals surface area contributed by atoms with Gasteiger partial charge >= 0.3 is 0 Å². The summed E-state index contributed by atoms with van der Waals surface area (Å²) < 4.78 is 0. The van der Waals surface area contributed by atoms with Crippen LogP contribution in [0.4, 0.5) is 0 Å². The van der Waals surface area contributed by atoms with Crippen molar-refractivity contribution in [2.24, 2.45) is 5.92 Å². The molecule has 0 radical (unpaired) electrons. The molecule has 0 aliphatic heterocycles. The number of rotatable bonds is 10. The molecule has 1 aliphatic carbocycles. The van der Waals surface area contributed by atoms with Crippen LogP contribution in [0.3, 0.4) is 0 Å². The number of unbranched alkanes of at least 4 members (excludes halogenated alkanes) is 4. The van der Waals surface area contributed by atoms with Gasteiger partial charge in [0.2, 0.25) is 0 Å². The molecule has 2 aromatic carbocycles. The molecular weight excluding hydrogens is 336 g/mol. The highest BCUT2D eigenvalue weighted by Crippen LogP contribution is 2.33. The average molecular weight is 375 g/mol. The number of hydrogen-bond acceptors (Lipinski definition) is 0. The second-order valence-electron chi connectivity index (χ2n) is 8.60. The van der Waals surface area contributed by atoms with Crippen LogP contribution in [0, 0.1) is 5.92 Å². The van der Waals surface area contributed by atoms with Crippen molar-refractivity contribution in [2.75, 3.05) is 0 Å². The second-order valence-corrected chi connectivity index (χ2v) is 8.60. The van der Waals surface area contributed by atoms with Gasteiger partial charge in [-0.15, -0.1) is 0 Å². The fourth-order valence-corrected chi connectivity index (χ4v) is 4.48. The molecule has 0 saturated carbocycles. The van der Waals surface area contributed by atoms with Gasteiger partial charge in [-0.1, -0.05) is 113 Å². The Bertz CT molecular complexity index is 718. The fraction of sp³-hybridized carbons (Fsp3) is 0.500. The maximum Gasteiger partial charge on any atom is -0.0184 e. The minimum atomic E-state index is 0.922. The Labute approximate surface area is 173 Å². The van der Waals surface area contributed by atoms with Gasteiger partial charge in [-0.25, -0.2) is 0 Å². The van der Waals surface area contributed by atoms with E-state index in [0.29, 0.717) is 0 Å². The summed E-state index contributed by atoms with van der Waals surface area (Å²) in [6.07, 6.45) is 17.3. The van der Waals surface area contributed by atoms with Crippen molar-refractivity contribution in [3.63, 3.8) is 0 Å². The van der Waals surface area contributed by atoms with Gasteiger partial charge in [-0.2, -0.15) is 0 Å². The number of hydrogen-bond donors (Lipinski definition) is 0. The van der Waals surface area contributed by atoms with E-state index in [9.17, 15) is 0 Å². The molecule has 3 rings (SSSR count). The third kappa shape index (κ3) is 6.09. The number of allylic oxidation sites excluding steroid dienone is 2. The molecule has 2 aromatic rings. The van der Waals surface area contributed by atoms with Gasteiger partial charge in [0.25, 0.3) is 0 Å². The highest BCUT2D eigenvalue weighted by Gasteiger charge is 2.15. The summed E-state index contributed by atoms with van der Waals surface area (Å²) in [5, 5.41) is 0. The summed E-state index contributed by atoms with van der Waals surface area (Å²) >= 11 is 0. The number of benzene rings is 2. The summed E-state index contributed by atoms with van der Waals surface area (Å²) in [4.78, 5) is 0. The molecule has 0 N–H and O–H groups in total. The summed E-state index contributed by atoms with van der Waals surface area (Å²) in [6, 6.07) is 18.3. The molecule has 1 aliphatic rings. The maximum absolute atomic E-state index is 2.52. The molecule has 0 nitrogen and oxygen atoms in total. The summed E-state index contributed by atoms with van der Waals surface area (Å²) in [5.74, 6) is 0.922. The van der Waals surface area contributed by atoms with Crippen LogP contribution in [0.5, 0.6) is 0 Å². The Morgan fingerprint density at radius 3 is 1.96 bits per heavy atom. The zero-order valence-electron chi connectivity index (χ0n) is 18.1. The molecular formula is C28H38. The zero-order valence-corrected chi connectivity index (χ0v) is 18.1. The summed E-state index contributed by atoms with van der Waals surface area (Å²) in [5.41, 5.74) is 7.08. The van der Waals surface area contributed by atoms with Crippen LogP contribution in [0.2, 0.25) is 0 Å². The highest BCUT2D eigenvalue weighted by molar-refractivity contribution is 5.71. The molecule has 0 bridgehead atoms. The fourth-order valence-electron chi connectivity index (χ4n) is 4.48. The third-order valence-electron chi connectivity index (χ3n) is 6.32. The Kier molecular flexibility index (Phi) is 8.40. The van der Waals surface area contributed by atoms with Gasteiger partial charge in [0.15, 0.2) is 0 Å². The SMILES string of the molecule is CCCCCCCC1CC=C(c2ccc(-c3ccc(CCC)cc3)cc2)CC1. The van der Waals surface area contributed by atoms with Crippen LogP contribution in [-0.4, -0.2) is 0 Å². The molecule has 0 heterocycles. The standard InChI is InChI=1S/C28H38/c1-3-5-6-7-8-10-24-13-17-26(18-14-24)28-21-19-27(20-22-28)25-15-11-23(9-4-2)12-16-25/h11-12,15-17,19-22,24H,3-10,13-14,18H2,1-2H3. The third-order valence-corrected chi connectivity index (χ3v) is 6.32. The van der Waals surface area contributed by atoms with E-state index in [1.165, 1.54) is 92.9 Å². The lowest BCUT2D eigenvalue weighted by atomic mass is 9.83. The Hall–Kier alpha value is -1.82. The highest BCUT2D eigenvalue weighted by atomic mass is 14.2. The van der Waals surface area contributed by atoms with Crippen molar-refractivity contribution in [1.29, 1.82) is 0 Å². The van der Waals surface area contributed by atoms with Gasteiger partial charge in [-0.3, -0.25) is 0 Å². The first-order valence-electron chi connectivity index (χ1n) is 11.7. The quantitative estimate of drug-likeness (QED) is 0.364. The van der Waals surface area contributed by atoms with Crippen LogP contribution < -0.4 is 0 Å². The Morgan fingerprint density at radius 1 is 0.714 bits per heavy atom. The normalized spacial score (nSPS) is 16.8. The van der Waals surface area contributed by atoms with Crippen molar-refractivity contribution in [3.05, 3.63) is 65.7 Å². The van der Waals surface area contributed by atoms with Crippen LogP contribution in [0.1, 0.15) is 89.2 Å². The van der Waals surface area contributed by atoms with E-state index >= 15 is 0 Å². The Balaban J connectivity index is 1.52. The van der Waals surface area contributed by atoms with Crippen molar-refractivity contribution in [1.82, 2.24) is 0 Å². The molecule has 28 heavy (non-hydrogen) atoms. The predicted molar refractivity (Wildman–Crippen MR) is 125 cm³/mol. The van der Waals surface area contributed by atoms with E-state index in [1.807, 2.05) is 0 Å². The van der Waals surface area contributed by atoms with Crippen molar-refractivity contribution >= 4 is 5.57 Å². The monoisotopic (exact) mass is 374 g/mol. The lowest BCUT2D eigenvalue weighted by molar-refractivity contribution is 0.423. The molecule has 0 aromatic heterocycles. The lowest BCUT2D eigenvalue weighted by Gasteiger charge is -2.22. The van der Waals surface area contributed by atoms with Gasteiger partial charge in [0, 0.05) is 0 Å². The van der Waals surface area contributed by atoms with Crippen molar-refractivity contribution in [3.8, 4) is 11.1 Å². The maximum atomic E-state index is 2.52. The van der Waals surface area contributed by atoms with Crippen LogP contribution in [-0.2, 0) is 6.42 Å². The summed E-state index contributed by atoms with van der Waals surface area (Å²) in [7, 11) is 0. The van der Waals surface area contributed by atoms with E-state index in [4.69, 9.17) is 0 Å². The number of aryl methyl sites for hydroxylation is 1. The molecule has 150 valence electrons. The molecule has 0 spiro atoms. The predicted octanol–water partition coefficient (Wildman–Crippen LogP) is 8.85. The average Bonchev–Trinajstić information content (AvgIpc) is 2.75. The molecule has 1 unspecified atom stereocenters. The minimum absolute atomic E-state index is 0.922. The molecule has 1 atom stereocenters. The molecule has 0 heteroatoms. The van der Waals surface area contributed by atoms with E-state index in [-0.39, 0.29) is 0 Å². The van der Waals surface area contributed by atoms with Crippen LogP contribution in [0.25, 0.3) is 16.7 Å². The lowest BCUT2D eigenvalue weighted by Crippen LogP contribution is -2.05. The minimum Gasteiger partial charge on any atom is -0.0804 e. The van der Waals surface area contributed by atoms with Gasteiger partial charge in [-0.05, 0) is 59.4 Å². The van der Waals surface area contributed by atoms with Crippen molar-refractivity contribution < 1.29 is 0 Å². The summed E-state index contributed by atoms with van der Waals surface area (Å²) in [6.45, 7) is 4.53. The molecule has 0 amide bonds. The first-order valence-corrected chi connectivity index (χ1v) is 11.7. The van der Waals surface area contributed by atoms with E-state index < -0.39 is 0 Å². The zero-order chi connectivity index (χ0) is 19.6.